The molecule has 0 spiro atoms. The Balaban J connectivity index is 1.54. The molecular formula is C25H18BrClFNO4S. The molecule has 9 heteroatoms. The molecule has 4 rings (SSSR count). The predicted octanol–water partition coefficient (Wildman–Crippen LogP) is 7.07. The molecule has 1 heterocycles. The molecule has 1 fully saturated rings. The number of carbonyl (C=O) groups excluding carboxylic acids is 2. The minimum atomic E-state index is -0.487. The first-order valence-electron chi connectivity index (χ1n) is 10.1. The van der Waals surface area contributed by atoms with E-state index in [1.807, 2.05) is 30.3 Å². The highest BCUT2D eigenvalue weighted by atomic mass is 79.9. The van der Waals surface area contributed by atoms with Gasteiger partial charge in [0, 0.05) is 5.02 Å². The average Bonchev–Trinajstić information content (AvgIpc) is 3.07. The molecule has 0 aliphatic carbocycles. The van der Waals surface area contributed by atoms with Crippen molar-refractivity contribution in [2.24, 2.45) is 0 Å². The van der Waals surface area contributed by atoms with Crippen molar-refractivity contribution in [2.45, 2.75) is 13.2 Å². The molecule has 34 heavy (non-hydrogen) atoms. The normalized spacial score (nSPS) is 14.7. The highest BCUT2D eigenvalue weighted by molar-refractivity contribution is 9.10. The molecule has 0 atom stereocenters. The largest absolute Gasteiger partial charge is 0.493 e. The molecule has 3 aromatic rings. The van der Waals surface area contributed by atoms with Crippen LogP contribution in [0.2, 0.25) is 5.02 Å². The van der Waals surface area contributed by atoms with Gasteiger partial charge in [-0.3, -0.25) is 14.5 Å². The second kappa shape index (κ2) is 10.6. The Morgan fingerprint density at radius 3 is 2.59 bits per heavy atom. The van der Waals surface area contributed by atoms with Crippen molar-refractivity contribution in [3.63, 3.8) is 0 Å². The zero-order chi connectivity index (χ0) is 24.2. The molecule has 1 aliphatic heterocycles. The lowest BCUT2D eigenvalue weighted by molar-refractivity contribution is -0.123. The number of benzene rings is 3. The Morgan fingerprint density at radius 2 is 1.88 bits per heavy atom. The van der Waals surface area contributed by atoms with E-state index in [-0.39, 0.29) is 16.5 Å². The van der Waals surface area contributed by atoms with Crippen molar-refractivity contribution in [1.29, 1.82) is 0 Å². The van der Waals surface area contributed by atoms with Gasteiger partial charge in [-0.1, -0.05) is 48.0 Å². The maximum Gasteiger partial charge on any atom is 0.293 e. The molecular weight excluding hydrogens is 545 g/mol. The molecule has 2 amide bonds. The number of imide groups is 1. The lowest BCUT2D eigenvalue weighted by Crippen LogP contribution is -2.27. The van der Waals surface area contributed by atoms with E-state index < -0.39 is 17.0 Å². The van der Waals surface area contributed by atoms with Crippen LogP contribution in [-0.2, 0) is 17.9 Å². The van der Waals surface area contributed by atoms with Gasteiger partial charge in [0.25, 0.3) is 11.1 Å². The average molecular weight is 563 g/mol. The molecule has 1 aliphatic rings. The summed E-state index contributed by atoms with van der Waals surface area (Å²) >= 11 is 10.4. The van der Waals surface area contributed by atoms with Gasteiger partial charge in [0.05, 0.1) is 23.0 Å². The first-order chi connectivity index (χ1) is 16.4. The highest BCUT2D eigenvalue weighted by Crippen LogP contribution is 2.40. The summed E-state index contributed by atoms with van der Waals surface area (Å²) in [6, 6.07) is 17.1. The van der Waals surface area contributed by atoms with Crippen molar-refractivity contribution in [3.05, 3.63) is 97.6 Å². The van der Waals surface area contributed by atoms with Gasteiger partial charge >= 0.3 is 0 Å². The third-order valence-electron chi connectivity index (χ3n) is 4.99. The van der Waals surface area contributed by atoms with Gasteiger partial charge in [-0.25, -0.2) is 4.39 Å². The number of ether oxygens (including phenoxy) is 2. The fraction of sp³-hybridized carbons (Fsp3) is 0.120. The molecule has 0 aromatic heterocycles. The van der Waals surface area contributed by atoms with Crippen molar-refractivity contribution in [2.75, 3.05) is 7.11 Å². The van der Waals surface area contributed by atoms with Crippen LogP contribution in [0.15, 0.2) is 70.0 Å². The summed E-state index contributed by atoms with van der Waals surface area (Å²) in [6.45, 7) is 0.320. The van der Waals surface area contributed by atoms with Crippen LogP contribution in [0.4, 0.5) is 9.18 Å². The van der Waals surface area contributed by atoms with Gasteiger partial charge in [-0.05, 0) is 74.7 Å². The monoisotopic (exact) mass is 561 g/mol. The highest BCUT2D eigenvalue weighted by Gasteiger charge is 2.35. The van der Waals surface area contributed by atoms with E-state index in [9.17, 15) is 14.0 Å². The van der Waals surface area contributed by atoms with Crippen LogP contribution in [0, 0.1) is 5.82 Å². The van der Waals surface area contributed by atoms with Crippen LogP contribution in [0.5, 0.6) is 11.5 Å². The van der Waals surface area contributed by atoms with Gasteiger partial charge < -0.3 is 9.47 Å². The first kappa shape index (κ1) is 24.3. The lowest BCUT2D eigenvalue weighted by Gasteiger charge is -2.14. The van der Waals surface area contributed by atoms with Gasteiger partial charge in [-0.2, -0.15) is 0 Å². The van der Waals surface area contributed by atoms with Crippen molar-refractivity contribution in [3.8, 4) is 11.5 Å². The van der Waals surface area contributed by atoms with Gasteiger partial charge in [0.15, 0.2) is 11.5 Å². The quantitative estimate of drug-likeness (QED) is 0.288. The fourth-order valence-corrected chi connectivity index (χ4v) is 4.94. The Kier molecular flexibility index (Phi) is 7.60. The summed E-state index contributed by atoms with van der Waals surface area (Å²) in [6.07, 6.45) is 1.62. The number of carbonyl (C=O) groups is 2. The number of nitrogens with zero attached hydrogens (tertiary/aromatic N) is 1. The van der Waals surface area contributed by atoms with E-state index in [0.29, 0.717) is 33.7 Å². The second-order valence-electron chi connectivity index (χ2n) is 7.31. The Bertz CT molecular complexity index is 1290. The molecule has 1 saturated heterocycles. The number of methoxy groups -OCH3 is 1. The SMILES string of the molecule is COc1cc(/C=C2/SC(=O)N(Cc3ccc(F)cc3Cl)C2=O)cc(Br)c1OCc1ccccc1. The van der Waals surface area contributed by atoms with Crippen LogP contribution in [-0.4, -0.2) is 23.2 Å². The molecule has 3 aromatic carbocycles. The Hall–Kier alpha value is -2.81. The minimum Gasteiger partial charge on any atom is -0.493 e. The summed E-state index contributed by atoms with van der Waals surface area (Å²) in [7, 11) is 1.53. The van der Waals surface area contributed by atoms with Crippen LogP contribution >= 0.6 is 39.3 Å². The topological polar surface area (TPSA) is 55.8 Å². The standard InChI is InChI=1S/C25H18BrClFNO4S/c1-32-21-10-16(9-19(26)23(21)33-14-15-5-3-2-4-6-15)11-22-24(30)29(25(31)34-22)13-17-7-8-18(28)12-20(17)27/h2-12H,13-14H2,1H3/b22-11+. The van der Waals surface area contributed by atoms with Crippen LogP contribution in [0.25, 0.3) is 6.08 Å². The number of amides is 2. The van der Waals surface area contributed by atoms with Gasteiger partial charge in [0.1, 0.15) is 12.4 Å². The molecule has 174 valence electrons. The second-order valence-corrected chi connectivity index (χ2v) is 9.57. The van der Waals surface area contributed by atoms with Crippen molar-refractivity contribution >= 4 is 56.5 Å². The van der Waals surface area contributed by atoms with E-state index in [2.05, 4.69) is 15.9 Å². The number of thioether (sulfide) groups is 1. The van der Waals surface area contributed by atoms with E-state index >= 15 is 0 Å². The number of hydrogen-bond donors (Lipinski definition) is 0. The smallest absolute Gasteiger partial charge is 0.293 e. The Morgan fingerprint density at radius 1 is 1.12 bits per heavy atom. The number of hydrogen-bond acceptors (Lipinski definition) is 5. The summed E-state index contributed by atoms with van der Waals surface area (Å²) < 4.78 is 25.4. The zero-order valence-corrected chi connectivity index (χ0v) is 21.0. The maximum atomic E-state index is 13.3. The van der Waals surface area contributed by atoms with Crippen LogP contribution < -0.4 is 9.47 Å². The summed E-state index contributed by atoms with van der Waals surface area (Å²) in [5.74, 6) is 0.0739. The molecule has 0 bridgehead atoms. The van der Waals surface area contributed by atoms with E-state index in [0.717, 1.165) is 28.3 Å². The molecule has 5 nitrogen and oxygen atoms in total. The summed E-state index contributed by atoms with van der Waals surface area (Å²) in [5.41, 5.74) is 2.15. The van der Waals surface area contributed by atoms with Crippen LogP contribution in [0.3, 0.4) is 0 Å². The first-order valence-corrected chi connectivity index (χ1v) is 12.1. The maximum absolute atomic E-state index is 13.3. The van der Waals surface area contributed by atoms with E-state index in [4.69, 9.17) is 21.1 Å². The number of halogens is 3. The van der Waals surface area contributed by atoms with Gasteiger partial charge in [0.2, 0.25) is 0 Å². The van der Waals surface area contributed by atoms with Crippen molar-refractivity contribution in [1.82, 2.24) is 4.90 Å². The number of rotatable bonds is 7. The van der Waals surface area contributed by atoms with E-state index in [1.54, 1.807) is 18.2 Å². The molecule has 0 unspecified atom stereocenters. The third-order valence-corrected chi connectivity index (χ3v) is 6.84. The zero-order valence-electron chi connectivity index (χ0n) is 17.9. The van der Waals surface area contributed by atoms with Gasteiger partial charge in [-0.15, -0.1) is 0 Å². The summed E-state index contributed by atoms with van der Waals surface area (Å²) in [4.78, 5) is 26.7. The molecule has 0 radical (unpaired) electrons. The van der Waals surface area contributed by atoms with E-state index in [1.165, 1.54) is 19.2 Å². The molecule has 0 N–H and O–H groups in total. The van der Waals surface area contributed by atoms with Crippen molar-refractivity contribution < 1.29 is 23.5 Å². The Labute approximate surface area is 213 Å². The third kappa shape index (κ3) is 5.46. The predicted molar refractivity (Wildman–Crippen MR) is 134 cm³/mol. The molecule has 0 saturated carbocycles. The minimum absolute atomic E-state index is 0.0413. The summed E-state index contributed by atoms with van der Waals surface area (Å²) in [5, 5.41) is -0.270. The van der Waals surface area contributed by atoms with Crippen LogP contribution in [0.1, 0.15) is 16.7 Å². The fourth-order valence-electron chi connectivity index (χ4n) is 3.30. The lowest BCUT2D eigenvalue weighted by atomic mass is 10.1.